The maximum atomic E-state index is 10.3. The smallest absolute Gasteiger partial charge is 0.170 e. The van der Waals surface area contributed by atoms with Crippen molar-refractivity contribution in [2.45, 2.75) is 43.6 Å². The number of likely N-dealkylation sites (N-methyl/N-ethyl adjacent to an activating group) is 1. The van der Waals surface area contributed by atoms with E-state index in [-0.39, 0.29) is 12.1 Å². The molecule has 116 valence electrons. The second-order valence-electron chi connectivity index (χ2n) is 6.04. The Kier molecular flexibility index (Phi) is 4.54. The molecule has 0 aromatic carbocycles. The molecule has 3 rings (SSSR count). The summed E-state index contributed by atoms with van der Waals surface area (Å²) in [5, 5.41) is 10.3. The third-order valence-corrected chi connectivity index (χ3v) is 4.61. The minimum atomic E-state index is -0.455. The van der Waals surface area contributed by atoms with Gasteiger partial charge in [0.05, 0.1) is 19.3 Å². The lowest BCUT2D eigenvalue weighted by Crippen LogP contribution is -2.52. The van der Waals surface area contributed by atoms with Crippen LogP contribution in [-0.4, -0.2) is 59.7 Å². The van der Waals surface area contributed by atoms with E-state index in [9.17, 15) is 5.11 Å². The first-order valence-corrected chi connectivity index (χ1v) is 7.75. The molecule has 2 heterocycles. The summed E-state index contributed by atoms with van der Waals surface area (Å²) in [7, 11) is 2.06. The lowest BCUT2D eigenvalue weighted by molar-refractivity contribution is -0.203. The quantitative estimate of drug-likeness (QED) is 0.904. The molecule has 1 aromatic rings. The average molecular weight is 292 g/mol. The van der Waals surface area contributed by atoms with Crippen LogP contribution < -0.4 is 0 Å². The van der Waals surface area contributed by atoms with Crippen molar-refractivity contribution in [1.82, 2.24) is 9.88 Å². The van der Waals surface area contributed by atoms with Gasteiger partial charge in [-0.15, -0.1) is 0 Å². The molecule has 2 atom stereocenters. The molecule has 5 heteroatoms. The lowest BCUT2D eigenvalue weighted by Gasteiger charge is -2.42. The van der Waals surface area contributed by atoms with Gasteiger partial charge in [-0.1, -0.05) is 6.07 Å². The van der Waals surface area contributed by atoms with Gasteiger partial charge >= 0.3 is 0 Å². The van der Waals surface area contributed by atoms with Gasteiger partial charge in [0.25, 0.3) is 0 Å². The molecule has 0 radical (unpaired) electrons. The van der Waals surface area contributed by atoms with Crippen LogP contribution in [0, 0.1) is 0 Å². The summed E-state index contributed by atoms with van der Waals surface area (Å²) < 4.78 is 11.6. The fourth-order valence-electron chi connectivity index (χ4n) is 3.33. The molecule has 2 aliphatic rings. The largest absolute Gasteiger partial charge is 0.391 e. The van der Waals surface area contributed by atoms with Crippen LogP contribution in [0.2, 0.25) is 0 Å². The molecule has 0 bridgehead atoms. The molecule has 2 unspecified atom stereocenters. The maximum Gasteiger partial charge on any atom is 0.170 e. The maximum absolute atomic E-state index is 10.3. The van der Waals surface area contributed by atoms with Gasteiger partial charge in [-0.25, -0.2) is 0 Å². The van der Waals surface area contributed by atoms with E-state index in [1.807, 2.05) is 24.4 Å². The highest BCUT2D eigenvalue weighted by Crippen LogP contribution is 2.37. The Hall–Kier alpha value is -1.01. The molecule has 1 spiro atoms. The highest BCUT2D eigenvalue weighted by atomic mass is 16.7. The molecule has 2 fully saturated rings. The van der Waals surface area contributed by atoms with Crippen molar-refractivity contribution in [3.05, 3.63) is 30.1 Å². The first-order valence-electron chi connectivity index (χ1n) is 7.75. The lowest BCUT2D eigenvalue weighted by atomic mass is 9.86. The Morgan fingerprint density at radius 1 is 1.38 bits per heavy atom. The Labute approximate surface area is 125 Å². The number of hydrogen-bond acceptors (Lipinski definition) is 5. The molecular weight excluding hydrogens is 268 g/mol. The van der Waals surface area contributed by atoms with Gasteiger partial charge in [-0.3, -0.25) is 4.98 Å². The van der Waals surface area contributed by atoms with Crippen LogP contribution >= 0.6 is 0 Å². The number of nitrogens with zero attached hydrogens (tertiary/aromatic N) is 2. The Bertz CT molecular complexity index is 448. The molecule has 1 aliphatic carbocycles. The van der Waals surface area contributed by atoms with Crippen LogP contribution in [0.4, 0.5) is 0 Å². The van der Waals surface area contributed by atoms with E-state index in [0.29, 0.717) is 13.2 Å². The highest BCUT2D eigenvalue weighted by Gasteiger charge is 2.45. The number of ether oxygens (including phenoxy) is 2. The predicted molar refractivity (Wildman–Crippen MR) is 78.9 cm³/mol. The Morgan fingerprint density at radius 2 is 2.19 bits per heavy atom. The minimum absolute atomic E-state index is 0.0839. The zero-order valence-electron chi connectivity index (χ0n) is 12.6. The molecule has 1 aliphatic heterocycles. The summed E-state index contributed by atoms with van der Waals surface area (Å²) >= 11 is 0. The van der Waals surface area contributed by atoms with E-state index in [1.165, 1.54) is 0 Å². The summed E-state index contributed by atoms with van der Waals surface area (Å²) in [6.07, 6.45) is 4.66. The fourth-order valence-corrected chi connectivity index (χ4v) is 3.33. The monoisotopic (exact) mass is 292 g/mol. The van der Waals surface area contributed by atoms with Crippen molar-refractivity contribution in [3.63, 3.8) is 0 Å². The van der Waals surface area contributed by atoms with Crippen LogP contribution in [0.5, 0.6) is 0 Å². The van der Waals surface area contributed by atoms with Crippen LogP contribution in [0.3, 0.4) is 0 Å². The van der Waals surface area contributed by atoms with E-state index in [2.05, 4.69) is 16.9 Å². The number of pyridine rings is 1. The first kappa shape index (κ1) is 14.9. The summed E-state index contributed by atoms with van der Waals surface area (Å²) in [4.78, 5) is 6.56. The van der Waals surface area contributed by atoms with Crippen molar-refractivity contribution in [3.8, 4) is 0 Å². The fraction of sp³-hybridized carbons (Fsp3) is 0.688. The van der Waals surface area contributed by atoms with Crippen molar-refractivity contribution in [2.75, 3.05) is 26.8 Å². The van der Waals surface area contributed by atoms with Gasteiger partial charge in [-0.05, 0) is 25.6 Å². The number of aliphatic hydroxyl groups excluding tert-OH is 1. The van der Waals surface area contributed by atoms with Crippen molar-refractivity contribution >= 4 is 0 Å². The van der Waals surface area contributed by atoms with Gasteiger partial charge in [0.15, 0.2) is 5.79 Å². The SMILES string of the molecule is CN(CCc1ccccn1)C1CC2(CCC1O)OCCO2. The van der Waals surface area contributed by atoms with Gasteiger partial charge in [-0.2, -0.15) is 0 Å². The Morgan fingerprint density at radius 3 is 2.90 bits per heavy atom. The van der Waals surface area contributed by atoms with E-state index in [1.54, 1.807) is 0 Å². The minimum Gasteiger partial charge on any atom is -0.391 e. The predicted octanol–water partition coefficient (Wildman–Crippen LogP) is 1.21. The number of rotatable bonds is 4. The van der Waals surface area contributed by atoms with Gasteiger partial charge in [0.2, 0.25) is 0 Å². The van der Waals surface area contributed by atoms with Crippen molar-refractivity contribution < 1.29 is 14.6 Å². The first-order chi connectivity index (χ1) is 10.2. The summed E-state index contributed by atoms with van der Waals surface area (Å²) in [6, 6.07) is 6.06. The van der Waals surface area contributed by atoms with E-state index in [4.69, 9.17) is 9.47 Å². The number of hydrogen-bond donors (Lipinski definition) is 1. The van der Waals surface area contributed by atoms with Crippen LogP contribution in [-0.2, 0) is 15.9 Å². The van der Waals surface area contributed by atoms with Crippen molar-refractivity contribution in [1.29, 1.82) is 0 Å². The van der Waals surface area contributed by atoms with E-state index >= 15 is 0 Å². The molecule has 1 aromatic heterocycles. The van der Waals surface area contributed by atoms with Crippen LogP contribution in [0.1, 0.15) is 25.0 Å². The standard InChI is InChI=1S/C16H24N2O3/c1-18(9-6-13-4-2-3-8-17-13)14-12-16(7-5-15(14)19)20-10-11-21-16/h2-4,8,14-15,19H,5-7,9-12H2,1H3. The number of aromatic nitrogens is 1. The van der Waals surface area contributed by atoms with E-state index in [0.717, 1.165) is 37.9 Å². The van der Waals surface area contributed by atoms with Crippen LogP contribution in [0.25, 0.3) is 0 Å². The highest BCUT2D eigenvalue weighted by molar-refractivity contribution is 5.04. The average Bonchev–Trinajstić information content (AvgIpc) is 2.97. The molecular formula is C16H24N2O3. The molecule has 1 saturated heterocycles. The topological polar surface area (TPSA) is 54.8 Å². The van der Waals surface area contributed by atoms with Crippen LogP contribution in [0.15, 0.2) is 24.4 Å². The van der Waals surface area contributed by atoms with E-state index < -0.39 is 5.79 Å². The Balaban J connectivity index is 1.58. The van der Waals surface area contributed by atoms with Gasteiger partial charge in [0, 0.05) is 43.7 Å². The summed E-state index contributed by atoms with van der Waals surface area (Å²) in [6.45, 7) is 2.20. The zero-order chi connectivity index (χ0) is 14.7. The molecule has 1 N–H and O–H groups in total. The molecule has 0 amide bonds. The molecule has 1 saturated carbocycles. The normalized spacial score (nSPS) is 28.3. The molecule has 5 nitrogen and oxygen atoms in total. The second kappa shape index (κ2) is 6.40. The van der Waals surface area contributed by atoms with Gasteiger partial charge in [0.1, 0.15) is 0 Å². The summed E-state index contributed by atoms with van der Waals surface area (Å²) in [5.74, 6) is -0.455. The molecule has 21 heavy (non-hydrogen) atoms. The summed E-state index contributed by atoms with van der Waals surface area (Å²) in [5.41, 5.74) is 1.08. The van der Waals surface area contributed by atoms with Crippen molar-refractivity contribution in [2.24, 2.45) is 0 Å². The zero-order valence-corrected chi connectivity index (χ0v) is 12.6. The third-order valence-electron chi connectivity index (χ3n) is 4.61. The van der Waals surface area contributed by atoms with Gasteiger partial charge < -0.3 is 19.5 Å². The number of aliphatic hydroxyl groups is 1. The second-order valence-corrected chi connectivity index (χ2v) is 6.04. The third kappa shape index (κ3) is 3.43.